The van der Waals surface area contributed by atoms with Gasteiger partial charge in [-0.2, -0.15) is 0 Å². The van der Waals surface area contributed by atoms with Gasteiger partial charge < -0.3 is 5.32 Å². The van der Waals surface area contributed by atoms with E-state index in [-0.39, 0.29) is 11.8 Å². The second-order valence-corrected chi connectivity index (χ2v) is 8.92. The van der Waals surface area contributed by atoms with Crippen molar-refractivity contribution in [2.24, 2.45) is 11.3 Å². The zero-order valence-corrected chi connectivity index (χ0v) is 16.4. The second-order valence-electron chi connectivity index (χ2n) is 8.01. The van der Waals surface area contributed by atoms with Crippen molar-refractivity contribution in [3.05, 3.63) is 34.3 Å². The molecule has 0 heterocycles. The van der Waals surface area contributed by atoms with Crippen molar-refractivity contribution in [1.29, 1.82) is 0 Å². The molecule has 0 saturated heterocycles. The minimum Gasteiger partial charge on any atom is -0.313 e. The highest BCUT2D eigenvalue weighted by Crippen LogP contribution is 2.35. The van der Waals surface area contributed by atoms with Crippen LogP contribution in [0.15, 0.2) is 28.7 Å². The van der Waals surface area contributed by atoms with E-state index in [1.165, 1.54) is 25.7 Å². The maximum absolute atomic E-state index is 12.7. The van der Waals surface area contributed by atoms with E-state index in [1.807, 2.05) is 26.0 Å². The fourth-order valence-electron chi connectivity index (χ4n) is 3.37. The minimum absolute atomic E-state index is 0.0435. The lowest BCUT2D eigenvalue weighted by molar-refractivity contribution is -0.123. The minimum atomic E-state index is -0.0435. The maximum atomic E-state index is 12.7. The molecule has 2 nitrogen and oxygen atoms in total. The van der Waals surface area contributed by atoms with E-state index in [0.717, 1.165) is 16.6 Å². The standard InChI is InChI=1S/C20H30BrNO/c1-14(2)19(23)18(15-5-7-16(21)8-6-15)13-22-17-9-11-20(3,4)12-10-17/h5-8,14,17-18,22H,9-13H2,1-4H3/t18-/m1/s1. The van der Waals surface area contributed by atoms with Gasteiger partial charge in [0.1, 0.15) is 5.78 Å². The summed E-state index contributed by atoms with van der Waals surface area (Å²) in [6, 6.07) is 8.75. The number of rotatable bonds is 6. The number of carbonyl (C=O) groups is 1. The topological polar surface area (TPSA) is 29.1 Å². The van der Waals surface area contributed by atoms with Gasteiger partial charge in [-0.15, -0.1) is 0 Å². The first-order valence-electron chi connectivity index (χ1n) is 8.81. The van der Waals surface area contributed by atoms with Crippen LogP contribution in [0.4, 0.5) is 0 Å². The van der Waals surface area contributed by atoms with Crippen LogP contribution in [0, 0.1) is 11.3 Å². The predicted molar refractivity (Wildman–Crippen MR) is 101 cm³/mol. The summed E-state index contributed by atoms with van der Waals surface area (Å²) in [5.41, 5.74) is 1.60. The van der Waals surface area contributed by atoms with Crippen LogP contribution < -0.4 is 5.32 Å². The van der Waals surface area contributed by atoms with Crippen molar-refractivity contribution in [2.45, 2.75) is 65.3 Å². The molecule has 128 valence electrons. The molecule has 3 heteroatoms. The second kappa shape index (κ2) is 7.94. The molecule has 1 aliphatic carbocycles. The molecule has 23 heavy (non-hydrogen) atoms. The Morgan fingerprint density at radius 3 is 2.30 bits per heavy atom. The molecule has 1 N–H and O–H groups in total. The molecule has 2 rings (SSSR count). The lowest BCUT2D eigenvalue weighted by Crippen LogP contribution is -2.39. The monoisotopic (exact) mass is 379 g/mol. The SMILES string of the molecule is CC(C)C(=O)[C@H](CNC1CCC(C)(C)CC1)c1ccc(Br)cc1. The smallest absolute Gasteiger partial charge is 0.144 e. The van der Waals surface area contributed by atoms with Crippen LogP contribution in [-0.4, -0.2) is 18.4 Å². The van der Waals surface area contributed by atoms with E-state index in [9.17, 15) is 4.79 Å². The van der Waals surface area contributed by atoms with Gasteiger partial charge in [0, 0.05) is 23.0 Å². The van der Waals surface area contributed by atoms with Crippen LogP contribution in [-0.2, 0) is 4.79 Å². The lowest BCUT2D eigenvalue weighted by Gasteiger charge is -2.35. The first-order chi connectivity index (χ1) is 10.8. The van der Waals surface area contributed by atoms with Gasteiger partial charge in [0.05, 0.1) is 5.92 Å². The van der Waals surface area contributed by atoms with Gasteiger partial charge in [-0.05, 0) is 48.8 Å². The van der Waals surface area contributed by atoms with E-state index >= 15 is 0 Å². The fraction of sp³-hybridized carbons (Fsp3) is 0.650. The Morgan fingerprint density at radius 1 is 1.22 bits per heavy atom. The van der Waals surface area contributed by atoms with E-state index in [4.69, 9.17) is 0 Å². The van der Waals surface area contributed by atoms with Crippen molar-refractivity contribution < 1.29 is 4.79 Å². The van der Waals surface area contributed by atoms with Crippen molar-refractivity contribution in [3.63, 3.8) is 0 Å². The van der Waals surface area contributed by atoms with Crippen LogP contribution in [0.1, 0.15) is 64.9 Å². The Morgan fingerprint density at radius 2 is 1.78 bits per heavy atom. The molecule has 1 aliphatic rings. The van der Waals surface area contributed by atoms with Gasteiger partial charge >= 0.3 is 0 Å². The van der Waals surface area contributed by atoms with E-state index in [1.54, 1.807) is 0 Å². The molecule has 0 spiro atoms. The molecule has 0 aliphatic heterocycles. The molecule has 0 bridgehead atoms. The van der Waals surface area contributed by atoms with Gasteiger partial charge in [-0.1, -0.05) is 55.8 Å². The highest BCUT2D eigenvalue weighted by Gasteiger charge is 2.28. The van der Waals surface area contributed by atoms with Gasteiger partial charge in [0.25, 0.3) is 0 Å². The third-order valence-corrected chi connectivity index (χ3v) is 5.66. The fourth-order valence-corrected chi connectivity index (χ4v) is 3.63. The molecule has 0 aromatic heterocycles. The zero-order chi connectivity index (χ0) is 17.0. The molecule has 1 saturated carbocycles. The summed E-state index contributed by atoms with van der Waals surface area (Å²) in [6.07, 6.45) is 4.98. The maximum Gasteiger partial charge on any atom is 0.144 e. The van der Waals surface area contributed by atoms with Crippen molar-refractivity contribution in [2.75, 3.05) is 6.54 Å². The van der Waals surface area contributed by atoms with Crippen LogP contribution in [0.25, 0.3) is 0 Å². The number of ketones is 1. The number of nitrogens with one attached hydrogen (secondary N) is 1. The highest BCUT2D eigenvalue weighted by molar-refractivity contribution is 9.10. The Kier molecular flexibility index (Phi) is 6.44. The summed E-state index contributed by atoms with van der Waals surface area (Å²) in [4.78, 5) is 12.7. The quantitative estimate of drug-likeness (QED) is 0.724. The van der Waals surface area contributed by atoms with Crippen LogP contribution in [0.5, 0.6) is 0 Å². The summed E-state index contributed by atoms with van der Waals surface area (Å²) < 4.78 is 1.06. The average molecular weight is 380 g/mol. The van der Waals surface area contributed by atoms with Crippen molar-refractivity contribution in [3.8, 4) is 0 Å². The largest absolute Gasteiger partial charge is 0.313 e. The normalized spacial score (nSPS) is 19.7. The van der Waals surface area contributed by atoms with Crippen LogP contribution >= 0.6 is 15.9 Å². The number of benzene rings is 1. The molecule has 1 fully saturated rings. The predicted octanol–water partition coefficient (Wildman–Crippen LogP) is 5.32. The molecular weight excluding hydrogens is 350 g/mol. The molecule has 1 aromatic rings. The van der Waals surface area contributed by atoms with Gasteiger partial charge in [0.15, 0.2) is 0 Å². The summed E-state index contributed by atoms with van der Waals surface area (Å²) >= 11 is 3.47. The number of carbonyl (C=O) groups excluding carboxylic acids is 1. The molecular formula is C20H30BrNO. The van der Waals surface area contributed by atoms with Crippen molar-refractivity contribution in [1.82, 2.24) is 5.32 Å². The third-order valence-electron chi connectivity index (χ3n) is 5.13. The molecule has 0 unspecified atom stereocenters. The highest BCUT2D eigenvalue weighted by atomic mass is 79.9. The van der Waals surface area contributed by atoms with E-state index < -0.39 is 0 Å². The first-order valence-corrected chi connectivity index (χ1v) is 9.60. The summed E-state index contributed by atoms with van der Waals surface area (Å²) in [5.74, 6) is 0.352. The van der Waals surface area contributed by atoms with Crippen molar-refractivity contribution >= 4 is 21.7 Å². The van der Waals surface area contributed by atoms with Gasteiger partial charge in [0.2, 0.25) is 0 Å². The average Bonchev–Trinajstić information content (AvgIpc) is 2.50. The molecule has 1 aromatic carbocycles. The van der Waals surface area contributed by atoms with Crippen LogP contribution in [0.3, 0.4) is 0 Å². The zero-order valence-electron chi connectivity index (χ0n) is 14.9. The Balaban J connectivity index is 2.01. The molecule has 0 amide bonds. The summed E-state index contributed by atoms with van der Waals surface area (Å²) in [7, 11) is 0. The van der Waals surface area contributed by atoms with Crippen LogP contribution in [0.2, 0.25) is 0 Å². The van der Waals surface area contributed by atoms with E-state index in [2.05, 4.69) is 47.2 Å². The van der Waals surface area contributed by atoms with E-state index in [0.29, 0.717) is 17.2 Å². The summed E-state index contributed by atoms with van der Waals surface area (Å²) in [6.45, 7) is 9.46. The lowest BCUT2D eigenvalue weighted by atomic mass is 9.75. The Hall–Kier alpha value is -0.670. The Bertz CT molecular complexity index is 511. The first kappa shape index (κ1) is 18.7. The molecule has 0 radical (unpaired) electrons. The third kappa shape index (κ3) is 5.42. The molecule has 1 atom stereocenters. The number of halogens is 1. The Labute approximate surface area is 149 Å². The number of Topliss-reactive ketones (excluding diaryl/α,β-unsaturated/α-hetero) is 1. The summed E-state index contributed by atoms with van der Waals surface area (Å²) in [5, 5.41) is 3.68. The number of hydrogen-bond donors (Lipinski definition) is 1. The number of hydrogen-bond acceptors (Lipinski definition) is 2. The van der Waals surface area contributed by atoms with Gasteiger partial charge in [-0.25, -0.2) is 0 Å². The van der Waals surface area contributed by atoms with Gasteiger partial charge in [-0.3, -0.25) is 4.79 Å².